The monoisotopic (exact) mass is 250 g/mol. The standard InChI is InChI=1S/C15H26N2O/c1-11-8-13(10-16-9-11)15(18)17-7-6-12-4-2-3-5-14(12)17/h11-14,16H,2-10H2,1H3. The number of hydrogen-bond acceptors (Lipinski definition) is 2. The zero-order valence-electron chi connectivity index (χ0n) is 11.5. The highest BCUT2D eigenvalue weighted by Crippen LogP contribution is 2.37. The Morgan fingerprint density at radius 3 is 2.83 bits per heavy atom. The Labute approximate surface area is 110 Å². The summed E-state index contributed by atoms with van der Waals surface area (Å²) >= 11 is 0. The SMILES string of the molecule is CC1CNCC(C(=O)N2CCC3CCCCC32)C1. The molecule has 1 N–H and O–H groups in total. The number of carbonyl (C=O) groups excluding carboxylic acids is 1. The second kappa shape index (κ2) is 5.20. The van der Waals surface area contributed by atoms with E-state index in [4.69, 9.17) is 0 Å². The van der Waals surface area contributed by atoms with Gasteiger partial charge in [-0.05, 0) is 44.1 Å². The van der Waals surface area contributed by atoms with Crippen LogP contribution >= 0.6 is 0 Å². The smallest absolute Gasteiger partial charge is 0.227 e. The van der Waals surface area contributed by atoms with Gasteiger partial charge in [-0.15, -0.1) is 0 Å². The minimum absolute atomic E-state index is 0.245. The lowest BCUT2D eigenvalue weighted by Gasteiger charge is -2.36. The molecule has 4 unspecified atom stereocenters. The molecule has 1 aliphatic carbocycles. The number of amides is 1. The van der Waals surface area contributed by atoms with E-state index in [0.29, 0.717) is 17.9 Å². The maximum Gasteiger partial charge on any atom is 0.227 e. The van der Waals surface area contributed by atoms with Gasteiger partial charge < -0.3 is 10.2 Å². The summed E-state index contributed by atoms with van der Waals surface area (Å²) in [4.78, 5) is 14.9. The zero-order valence-corrected chi connectivity index (χ0v) is 11.5. The van der Waals surface area contributed by atoms with Crippen molar-refractivity contribution in [3.63, 3.8) is 0 Å². The minimum atomic E-state index is 0.245. The molecule has 4 atom stereocenters. The summed E-state index contributed by atoms with van der Waals surface area (Å²) in [5.41, 5.74) is 0. The Morgan fingerprint density at radius 1 is 1.17 bits per heavy atom. The molecule has 3 rings (SSSR count). The van der Waals surface area contributed by atoms with Crippen LogP contribution in [0.5, 0.6) is 0 Å². The van der Waals surface area contributed by atoms with Crippen molar-refractivity contribution in [2.24, 2.45) is 17.8 Å². The molecule has 0 spiro atoms. The van der Waals surface area contributed by atoms with Crippen LogP contribution in [-0.2, 0) is 4.79 Å². The van der Waals surface area contributed by atoms with Gasteiger partial charge in [0.05, 0.1) is 5.92 Å². The first-order chi connectivity index (χ1) is 8.75. The van der Waals surface area contributed by atoms with E-state index in [9.17, 15) is 4.79 Å². The van der Waals surface area contributed by atoms with Gasteiger partial charge in [0.15, 0.2) is 0 Å². The maximum absolute atomic E-state index is 12.7. The summed E-state index contributed by atoms with van der Waals surface area (Å²) in [5.74, 6) is 2.16. The third kappa shape index (κ3) is 2.29. The number of rotatable bonds is 1. The first kappa shape index (κ1) is 12.5. The summed E-state index contributed by atoms with van der Waals surface area (Å²) in [6.45, 7) is 5.26. The van der Waals surface area contributed by atoms with E-state index < -0.39 is 0 Å². The molecular formula is C15H26N2O. The summed E-state index contributed by atoms with van der Waals surface area (Å²) < 4.78 is 0. The van der Waals surface area contributed by atoms with Crippen molar-refractivity contribution >= 4 is 5.91 Å². The Balaban J connectivity index is 1.65. The lowest BCUT2D eigenvalue weighted by atomic mass is 9.84. The van der Waals surface area contributed by atoms with Gasteiger partial charge in [0.25, 0.3) is 0 Å². The highest BCUT2D eigenvalue weighted by Gasteiger charge is 2.40. The fourth-order valence-corrected chi connectivity index (χ4v) is 4.26. The van der Waals surface area contributed by atoms with Crippen LogP contribution in [0.4, 0.5) is 0 Å². The van der Waals surface area contributed by atoms with Crippen LogP contribution in [0.3, 0.4) is 0 Å². The van der Waals surface area contributed by atoms with Crippen molar-refractivity contribution < 1.29 is 4.79 Å². The van der Waals surface area contributed by atoms with Gasteiger partial charge in [0.2, 0.25) is 5.91 Å². The van der Waals surface area contributed by atoms with E-state index >= 15 is 0 Å². The van der Waals surface area contributed by atoms with Crippen LogP contribution < -0.4 is 5.32 Å². The molecule has 2 saturated heterocycles. The number of hydrogen-bond donors (Lipinski definition) is 1. The molecule has 3 heteroatoms. The van der Waals surface area contributed by atoms with E-state index in [1.54, 1.807) is 0 Å². The van der Waals surface area contributed by atoms with Gasteiger partial charge >= 0.3 is 0 Å². The van der Waals surface area contributed by atoms with Crippen LogP contribution in [0.2, 0.25) is 0 Å². The van der Waals surface area contributed by atoms with Crippen molar-refractivity contribution in [2.45, 2.75) is 51.5 Å². The number of nitrogens with zero attached hydrogens (tertiary/aromatic N) is 1. The largest absolute Gasteiger partial charge is 0.339 e. The van der Waals surface area contributed by atoms with E-state index in [0.717, 1.165) is 32.0 Å². The molecule has 0 radical (unpaired) electrons. The molecule has 3 aliphatic rings. The highest BCUT2D eigenvalue weighted by atomic mass is 16.2. The second-order valence-electron chi connectivity index (χ2n) is 6.63. The fourth-order valence-electron chi connectivity index (χ4n) is 4.26. The summed E-state index contributed by atoms with van der Waals surface area (Å²) in [5, 5.41) is 3.41. The third-order valence-corrected chi connectivity index (χ3v) is 5.21. The van der Waals surface area contributed by atoms with Crippen LogP contribution in [0.25, 0.3) is 0 Å². The normalized spacial score (nSPS) is 40.6. The van der Waals surface area contributed by atoms with Crippen LogP contribution in [-0.4, -0.2) is 36.5 Å². The molecule has 0 aromatic carbocycles. The minimum Gasteiger partial charge on any atom is -0.339 e. The van der Waals surface area contributed by atoms with Crippen molar-refractivity contribution in [1.82, 2.24) is 10.2 Å². The second-order valence-corrected chi connectivity index (χ2v) is 6.63. The fraction of sp³-hybridized carbons (Fsp3) is 0.933. The van der Waals surface area contributed by atoms with E-state index in [1.807, 2.05) is 0 Å². The Hall–Kier alpha value is -0.570. The predicted molar refractivity (Wildman–Crippen MR) is 72.2 cm³/mol. The molecule has 0 bridgehead atoms. The Bertz CT molecular complexity index is 318. The summed E-state index contributed by atoms with van der Waals surface area (Å²) in [6, 6.07) is 0.587. The number of piperidine rings is 1. The quantitative estimate of drug-likeness (QED) is 0.772. The highest BCUT2D eigenvalue weighted by molar-refractivity contribution is 5.80. The number of likely N-dealkylation sites (tertiary alicyclic amines) is 1. The molecular weight excluding hydrogens is 224 g/mol. The van der Waals surface area contributed by atoms with Gasteiger partial charge in [-0.3, -0.25) is 4.79 Å². The maximum atomic E-state index is 12.7. The van der Waals surface area contributed by atoms with Gasteiger partial charge in [-0.25, -0.2) is 0 Å². The van der Waals surface area contributed by atoms with Gasteiger partial charge in [0.1, 0.15) is 0 Å². The van der Waals surface area contributed by atoms with Crippen molar-refractivity contribution in [2.75, 3.05) is 19.6 Å². The van der Waals surface area contributed by atoms with E-state index in [1.165, 1.54) is 32.1 Å². The van der Waals surface area contributed by atoms with E-state index in [2.05, 4.69) is 17.1 Å². The summed E-state index contributed by atoms with van der Waals surface area (Å²) in [7, 11) is 0. The molecule has 3 fully saturated rings. The first-order valence-corrected chi connectivity index (χ1v) is 7.77. The average Bonchev–Trinajstić information content (AvgIpc) is 2.82. The molecule has 0 aromatic rings. The van der Waals surface area contributed by atoms with Crippen molar-refractivity contribution in [3.05, 3.63) is 0 Å². The number of carbonyl (C=O) groups is 1. The zero-order chi connectivity index (χ0) is 12.5. The molecule has 1 saturated carbocycles. The average molecular weight is 250 g/mol. The molecule has 2 heterocycles. The van der Waals surface area contributed by atoms with Gasteiger partial charge in [-0.2, -0.15) is 0 Å². The third-order valence-electron chi connectivity index (χ3n) is 5.21. The van der Waals surface area contributed by atoms with Crippen LogP contribution in [0.15, 0.2) is 0 Å². The first-order valence-electron chi connectivity index (χ1n) is 7.77. The number of nitrogens with one attached hydrogen (secondary N) is 1. The van der Waals surface area contributed by atoms with E-state index in [-0.39, 0.29) is 5.92 Å². The number of fused-ring (bicyclic) bond motifs is 1. The van der Waals surface area contributed by atoms with Crippen molar-refractivity contribution in [1.29, 1.82) is 0 Å². The molecule has 102 valence electrons. The molecule has 2 aliphatic heterocycles. The van der Waals surface area contributed by atoms with Crippen molar-refractivity contribution in [3.8, 4) is 0 Å². The van der Waals surface area contributed by atoms with Gasteiger partial charge in [-0.1, -0.05) is 19.8 Å². The summed E-state index contributed by atoms with van der Waals surface area (Å²) in [6.07, 6.45) is 7.65. The molecule has 0 aromatic heterocycles. The molecule has 3 nitrogen and oxygen atoms in total. The lowest BCUT2D eigenvalue weighted by molar-refractivity contribution is -0.138. The topological polar surface area (TPSA) is 32.3 Å². The predicted octanol–water partition coefficient (Wildman–Crippen LogP) is 2.02. The van der Waals surface area contributed by atoms with Gasteiger partial charge in [0, 0.05) is 19.1 Å². The Morgan fingerprint density at radius 2 is 2.00 bits per heavy atom. The molecule has 18 heavy (non-hydrogen) atoms. The Kier molecular flexibility index (Phi) is 3.60. The van der Waals surface area contributed by atoms with Crippen LogP contribution in [0.1, 0.15) is 45.4 Å². The lowest BCUT2D eigenvalue weighted by Crippen LogP contribution is -2.48. The van der Waals surface area contributed by atoms with Crippen LogP contribution in [0, 0.1) is 17.8 Å². The molecule has 1 amide bonds.